The summed E-state index contributed by atoms with van der Waals surface area (Å²) in [6, 6.07) is 6.57. The van der Waals surface area contributed by atoms with Gasteiger partial charge in [0.25, 0.3) is 0 Å². The average molecular weight is 220 g/mol. The fourth-order valence-electron chi connectivity index (χ4n) is 2.16. The highest BCUT2D eigenvalue weighted by molar-refractivity contribution is 5.03. The smallest absolute Gasteiger partial charge is 0.0641 e. The van der Waals surface area contributed by atoms with E-state index in [0.717, 1.165) is 31.7 Å². The molecule has 0 spiro atoms. The summed E-state index contributed by atoms with van der Waals surface area (Å²) in [7, 11) is 0. The van der Waals surface area contributed by atoms with E-state index in [-0.39, 0.29) is 5.60 Å². The molecule has 2 rings (SSSR count). The van der Waals surface area contributed by atoms with Crippen molar-refractivity contribution in [3.8, 4) is 0 Å². The first-order chi connectivity index (χ1) is 7.66. The van der Waals surface area contributed by atoms with Gasteiger partial charge in [-0.3, -0.25) is 4.98 Å². The van der Waals surface area contributed by atoms with Crippen molar-refractivity contribution in [2.45, 2.75) is 44.9 Å². The zero-order chi connectivity index (χ0) is 11.4. The lowest BCUT2D eigenvalue weighted by molar-refractivity contribution is -0.0631. The molecule has 1 atom stereocenters. The van der Waals surface area contributed by atoms with Crippen LogP contribution in [-0.4, -0.2) is 23.2 Å². The fraction of sp³-hybridized carbons (Fsp3) is 0.615. The van der Waals surface area contributed by atoms with Gasteiger partial charge in [-0.2, -0.15) is 0 Å². The van der Waals surface area contributed by atoms with Crippen LogP contribution in [0, 0.1) is 0 Å². The molecule has 1 aliphatic rings. The second-order valence-electron chi connectivity index (χ2n) is 5.00. The Labute approximate surface area is 97.2 Å². The van der Waals surface area contributed by atoms with Gasteiger partial charge in [0.15, 0.2) is 0 Å². The van der Waals surface area contributed by atoms with Crippen molar-refractivity contribution < 1.29 is 4.74 Å². The molecule has 0 aliphatic carbocycles. The Bertz CT molecular complexity index is 324. The number of pyridine rings is 1. The van der Waals surface area contributed by atoms with E-state index in [1.54, 1.807) is 0 Å². The number of hydrogen-bond donors (Lipinski definition) is 1. The standard InChI is InChI=1S/C13H20N2O/c1-13(2)9-11(6-8-16-13)15-10-12-5-3-4-7-14-12/h3-5,7,11,15H,6,8-10H2,1-2H3. The van der Waals surface area contributed by atoms with E-state index in [4.69, 9.17) is 4.74 Å². The molecule has 16 heavy (non-hydrogen) atoms. The number of hydrogen-bond acceptors (Lipinski definition) is 3. The Morgan fingerprint density at radius 3 is 3.06 bits per heavy atom. The van der Waals surface area contributed by atoms with E-state index in [0.29, 0.717) is 6.04 Å². The van der Waals surface area contributed by atoms with Crippen LogP contribution in [0.3, 0.4) is 0 Å². The second kappa shape index (κ2) is 4.93. The third kappa shape index (κ3) is 3.29. The van der Waals surface area contributed by atoms with E-state index in [2.05, 4.69) is 30.2 Å². The molecule has 3 heteroatoms. The molecule has 1 unspecified atom stereocenters. The van der Waals surface area contributed by atoms with Crippen molar-refractivity contribution in [1.29, 1.82) is 0 Å². The van der Waals surface area contributed by atoms with Gasteiger partial charge in [0.05, 0.1) is 11.3 Å². The molecule has 0 bridgehead atoms. The van der Waals surface area contributed by atoms with Crippen LogP contribution in [0.4, 0.5) is 0 Å². The Morgan fingerprint density at radius 1 is 1.50 bits per heavy atom. The molecular formula is C13H20N2O. The predicted octanol–water partition coefficient (Wildman–Crippen LogP) is 2.13. The normalized spacial score (nSPS) is 24.2. The van der Waals surface area contributed by atoms with E-state index in [1.807, 2.05) is 18.3 Å². The lowest BCUT2D eigenvalue weighted by Gasteiger charge is -2.35. The molecule has 1 aromatic heterocycles. The van der Waals surface area contributed by atoms with Crippen molar-refractivity contribution in [3.63, 3.8) is 0 Å². The molecule has 1 N–H and O–H groups in total. The highest BCUT2D eigenvalue weighted by Crippen LogP contribution is 2.23. The first-order valence-electron chi connectivity index (χ1n) is 5.93. The van der Waals surface area contributed by atoms with Gasteiger partial charge < -0.3 is 10.1 Å². The lowest BCUT2D eigenvalue weighted by Crippen LogP contribution is -2.43. The zero-order valence-corrected chi connectivity index (χ0v) is 10.1. The van der Waals surface area contributed by atoms with Gasteiger partial charge in [-0.15, -0.1) is 0 Å². The molecule has 88 valence electrons. The topological polar surface area (TPSA) is 34.2 Å². The molecule has 1 fully saturated rings. The number of aromatic nitrogens is 1. The first kappa shape index (κ1) is 11.6. The molecule has 1 aromatic rings. The average Bonchev–Trinajstić information content (AvgIpc) is 2.27. The third-order valence-electron chi connectivity index (χ3n) is 3.00. The minimum atomic E-state index is 0.0139. The summed E-state index contributed by atoms with van der Waals surface area (Å²) in [5.74, 6) is 0. The summed E-state index contributed by atoms with van der Waals surface area (Å²) in [4.78, 5) is 4.31. The van der Waals surface area contributed by atoms with Gasteiger partial charge in [-0.1, -0.05) is 6.07 Å². The van der Waals surface area contributed by atoms with E-state index in [1.165, 1.54) is 0 Å². The minimum Gasteiger partial charge on any atom is -0.375 e. The van der Waals surface area contributed by atoms with Gasteiger partial charge in [-0.05, 0) is 38.8 Å². The van der Waals surface area contributed by atoms with Gasteiger partial charge in [0, 0.05) is 25.4 Å². The van der Waals surface area contributed by atoms with E-state index in [9.17, 15) is 0 Å². The molecule has 1 saturated heterocycles. The maximum absolute atomic E-state index is 5.69. The quantitative estimate of drug-likeness (QED) is 0.847. The number of nitrogens with zero attached hydrogens (tertiary/aromatic N) is 1. The van der Waals surface area contributed by atoms with E-state index < -0.39 is 0 Å². The molecular weight excluding hydrogens is 200 g/mol. The molecule has 2 heterocycles. The summed E-state index contributed by atoms with van der Waals surface area (Å²) in [6.07, 6.45) is 4.00. The molecule has 0 amide bonds. The van der Waals surface area contributed by atoms with Gasteiger partial charge >= 0.3 is 0 Å². The Balaban J connectivity index is 1.82. The van der Waals surface area contributed by atoms with Crippen LogP contribution >= 0.6 is 0 Å². The summed E-state index contributed by atoms with van der Waals surface area (Å²) in [6.45, 7) is 6.01. The predicted molar refractivity (Wildman–Crippen MR) is 64.1 cm³/mol. The lowest BCUT2D eigenvalue weighted by atomic mass is 9.94. The molecule has 3 nitrogen and oxygen atoms in total. The van der Waals surface area contributed by atoms with Crippen LogP contribution in [-0.2, 0) is 11.3 Å². The van der Waals surface area contributed by atoms with Crippen molar-refractivity contribution in [2.24, 2.45) is 0 Å². The van der Waals surface area contributed by atoms with Crippen LogP contribution in [0.1, 0.15) is 32.4 Å². The molecule has 0 aromatic carbocycles. The second-order valence-corrected chi connectivity index (χ2v) is 5.00. The maximum atomic E-state index is 5.69. The third-order valence-corrected chi connectivity index (χ3v) is 3.00. The fourth-order valence-corrected chi connectivity index (χ4v) is 2.16. The van der Waals surface area contributed by atoms with Crippen LogP contribution in [0.25, 0.3) is 0 Å². The van der Waals surface area contributed by atoms with Crippen molar-refractivity contribution in [1.82, 2.24) is 10.3 Å². The molecule has 0 radical (unpaired) electrons. The monoisotopic (exact) mass is 220 g/mol. The first-order valence-corrected chi connectivity index (χ1v) is 5.93. The summed E-state index contributed by atoms with van der Waals surface area (Å²) < 4.78 is 5.69. The SMILES string of the molecule is CC1(C)CC(NCc2ccccn2)CCO1. The van der Waals surface area contributed by atoms with Gasteiger partial charge in [0.1, 0.15) is 0 Å². The highest BCUT2D eigenvalue weighted by atomic mass is 16.5. The van der Waals surface area contributed by atoms with Crippen LogP contribution in [0.15, 0.2) is 24.4 Å². The zero-order valence-electron chi connectivity index (χ0n) is 10.1. The Hall–Kier alpha value is -0.930. The highest BCUT2D eigenvalue weighted by Gasteiger charge is 2.28. The largest absolute Gasteiger partial charge is 0.375 e. The van der Waals surface area contributed by atoms with Crippen LogP contribution in [0.2, 0.25) is 0 Å². The number of ether oxygens (including phenoxy) is 1. The van der Waals surface area contributed by atoms with Gasteiger partial charge in [0.2, 0.25) is 0 Å². The summed E-state index contributed by atoms with van der Waals surface area (Å²) in [5, 5.41) is 3.55. The van der Waals surface area contributed by atoms with Crippen LogP contribution in [0.5, 0.6) is 0 Å². The Morgan fingerprint density at radius 2 is 2.38 bits per heavy atom. The molecule has 0 saturated carbocycles. The molecule has 1 aliphatic heterocycles. The number of rotatable bonds is 3. The number of nitrogens with one attached hydrogen (secondary N) is 1. The van der Waals surface area contributed by atoms with Crippen molar-refractivity contribution >= 4 is 0 Å². The van der Waals surface area contributed by atoms with Crippen molar-refractivity contribution in [3.05, 3.63) is 30.1 Å². The maximum Gasteiger partial charge on any atom is 0.0641 e. The van der Waals surface area contributed by atoms with Crippen LogP contribution < -0.4 is 5.32 Å². The van der Waals surface area contributed by atoms with E-state index >= 15 is 0 Å². The summed E-state index contributed by atoms with van der Waals surface area (Å²) in [5.41, 5.74) is 1.12. The Kier molecular flexibility index (Phi) is 3.56. The van der Waals surface area contributed by atoms with Gasteiger partial charge in [-0.25, -0.2) is 0 Å². The summed E-state index contributed by atoms with van der Waals surface area (Å²) >= 11 is 0. The minimum absolute atomic E-state index is 0.0139. The van der Waals surface area contributed by atoms with Crippen molar-refractivity contribution in [2.75, 3.05) is 6.61 Å².